The van der Waals surface area contributed by atoms with Crippen LogP contribution < -0.4 is 16.0 Å². The van der Waals surface area contributed by atoms with Crippen molar-refractivity contribution in [3.8, 4) is 0 Å². The summed E-state index contributed by atoms with van der Waals surface area (Å²) in [7, 11) is 0. The van der Waals surface area contributed by atoms with Crippen molar-refractivity contribution >= 4 is 45.3 Å². The number of hydrogen-bond donors (Lipinski definition) is 3. The van der Waals surface area contributed by atoms with E-state index in [-0.39, 0.29) is 6.04 Å². The molecular formula is C24H22N4S. The van der Waals surface area contributed by atoms with E-state index in [9.17, 15) is 0 Å². The van der Waals surface area contributed by atoms with E-state index >= 15 is 0 Å². The lowest BCUT2D eigenvalue weighted by molar-refractivity contribution is 0.722. The molecule has 0 aliphatic rings. The van der Waals surface area contributed by atoms with E-state index in [0.29, 0.717) is 5.11 Å². The predicted octanol–water partition coefficient (Wildman–Crippen LogP) is 6.03. The molecule has 1 aromatic heterocycles. The summed E-state index contributed by atoms with van der Waals surface area (Å²) in [5, 5.41) is 12.8. The smallest absolute Gasteiger partial charge is 0.171 e. The Bertz CT molecular complexity index is 1110. The summed E-state index contributed by atoms with van der Waals surface area (Å²) in [6.07, 6.45) is 1.77. The summed E-state index contributed by atoms with van der Waals surface area (Å²) in [6, 6.07) is 28.8. The first-order valence-corrected chi connectivity index (χ1v) is 9.92. The molecule has 0 saturated carbocycles. The summed E-state index contributed by atoms with van der Waals surface area (Å²) in [5.41, 5.74) is 3.03. The van der Waals surface area contributed by atoms with Gasteiger partial charge < -0.3 is 16.0 Å². The van der Waals surface area contributed by atoms with Crippen molar-refractivity contribution in [1.82, 2.24) is 10.3 Å². The Morgan fingerprint density at radius 1 is 0.828 bits per heavy atom. The molecule has 0 aliphatic heterocycles. The minimum absolute atomic E-state index is 0.123. The van der Waals surface area contributed by atoms with Crippen LogP contribution in [0.1, 0.15) is 18.5 Å². The highest BCUT2D eigenvalue weighted by Gasteiger charge is 2.07. The Balaban J connectivity index is 1.36. The van der Waals surface area contributed by atoms with E-state index in [1.165, 1.54) is 16.3 Å². The molecule has 0 spiro atoms. The van der Waals surface area contributed by atoms with Crippen molar-refractivity contribution in [2.24, 2.45) is 0 Å². The van der Waals surface area contributed by atoms with Crippen LogP contribution in [0.4, 0.5) is 17.2 Å². The fraction of sp³-hybridized carbons (Fsp3) is 0.0833. The minimum atomic E-state index is 0.123. The highest BCUT2D eigenvalue weighted by atomic mass is 32.1. The molecule has 0 unspecified atom stereocenters. The van der Waals surface area contributed by atoms with Crippen molar-refractivity contribution in [1.29, 1.82) is 0 Å². The molecule has 1 heterocycles. The van der Waals surface area contributed by atoms with Crippen LogP contribution in [0.5, 0.6) is 0 Å². The quantitative estimate of drug-likeness (QED) is 0.359. The van der Waals surface area contributed by atoms with Gasteiger partial charge in [-0.05, 0) is 59.7 Å². The third-order valence-electron chi connectivity index (χ3n) is 4.69. The van der Waals surface area contributed by atoms with Gasteiger partial charge in [-0.25, -0.2) is 4.98 Å². The number of pyridine rings is 1. The van der Waals surface area contributed by atoms with Crippen LogP contribution in [0.15, 0.2) is 91.1 Å². The molecule has 0 saturated heterocycles. The third-order valence-corrected chi connectivity index (χ3v) is 4.91. The molecule has 4 aromatic rings. The number of rotatable bonds is 5. The number of thiocarbonyl (C=S) groups is 1. The van der Waals surface area contributed by atoms with Crippen molar-refractivity contribution in [3.63, 3.8) is 0 Å². The Morgan fingerprint density at radius 2 is 1.55 bits per heavy atom. The van der Waals surface area contributed by atoms with Gasteiger partial charge in [0, 0.05) is 5.69 Å². The van der Waals surface area contributed by atoms with Crippen LogP contribution in [-0.2, 0) is 0 Å². The third kappa shape index (κ3) is 4.89. The van der Waals surface area contributed by atoms with Crippen LogP contribution in [0.3, 0.4) is 0 Å². The molecule has 29 heavy (non-hydrogen) atoms. The largest absolute Gasteiger partial charge is 0.356 e. The van der Waals surface area contributed by atoms with Gasteiger partial charge in [0.2, 0.25) is 0 Å². The van der Waals surface area contributed by atoms with E-state index in [1.807, 2.05) is 42.5 Å². The van der Waals surface area contributed by atoms with E-state index in [4.69, 9.17) is 12.2 Å². The van der Waals surface area contributed by atoms with Crippen molar-refractivity contribution < 1.29 is 0 Å². The zero-order chi connectivity index (χ0) is 20.1. The Hall–Kier alpha value is -3.44. The normalized spacial score (nSPS) is 11.6. The highest BCUT2D eigenvalue weighted by Crippen LogP contribution is 2.22. The van der Waals surface area contributed by atoms with E-state index in [1.54, 1.807) is 6.20 Å². The maximum atomic E-state index is 5.43. The van der Waals surface area contributed by atoms with Crippen molar-refractivity contribution in [2.75, 3.05) is 10.6 Å². The first-order chi connectivity index (χ1) is 14.2. The van der Waals surface area contributed by atoms with Crippen LogP contribution in [-0.4, -0.2) is 10.1 Å². The molecule has 0 radical (unpaired) electrons. The molecule has 3 N–H and O–H groups in total. The monoisotopic (exact) mass is 398 g/mol. The maximum Gasteiger partial charge on any atom is 0.171 e. The minimum Gasteiger partial charge on any atom is -0.356 e. The van der Waals surface area contributed by atoms with Gasteiger partial charge in [-0.15, -0.1) is 0 Å². The maximum absolute atomic E-state index is 5.43. The number of nitrogens with zero attached hydrogens (tertiary/aromatic N) is 1. The topological polar surface area (TPSA) is 49.0 Å². The van der Waals surface area contributed by atoms with Crippen LogP contribution in [0, 0.1) is 0 Å². The molecule has 0 amide bonds. The van der Waals surface area contributed by atoms with E-state index in [2.05, 4.69) is 70.3 Å². The van der Waals surface area contributed by atoms with Gasteiger partial charge in [0.15, 0.2) is 5.11 Å². The summed E-state index contributed by atoms with van der Waals surface area (Å²) < 4.78 is 0. The lowest BCUT2D eigenvalue weighted by atomic mass is 10.1. The first kappa shape index (κ1) is 18.9. The summed E-state index contributed by atoms with van der Waals surface area (Å²) in [5.74, 6) is 0.780. The molecule has 5 heteroatoms. The average molecular weight is 399 g/mol. The molecular weight excluding hydrogens is 376 g/mol. The molecule has 0 aliphatic carbocycles. The van der Waals surface area contributed by atoms with Gasteiger partial charge in [0.05, 0.1) is 17.9 Å². The molecule has 4 nitrogen and oxygen atoms in total. The van der Waals surface area contributed by atoms with E-state index in [0.717, 1.165) is 17.2 Å². The van der Waals surface area contributed by atoms with Gasteiger partial charge in [0.25, 0.3) is 0 Å². The lowest BCUT2D eigenvalue weighted by Crippen LogP contribution is -2.30. The van der Waals surface area contributed by atoms with Crippen LogP contribution >= 0.6 is 12.2 Å². The number of fused-ring (bicyclic) bond motifs is 1. The molecule has 0 fully saturated rings. The zero-order valence-corrected chi connectivity index (χ0v) is 16.9. The SMILES string of the molecule is C[C@@H](NC(=S)Nc1ccc(Nc2ccc3ccccc3c2)nc1)c1ccccc1. The second-order valence-electron chi connectivity index (χ2n) is 6.85. The van der Waals surface area contributed by atoms with Gasteiger partial charge in [-0.1, -0.05) is 60.7 Å². The number of benzene rings is 3. The van der Waals surface area contributed by atoms with Crippen LogP contribution in [0.2, 0.25) is 0 Å². The predicted molar refractivity (Wildman–Crippen MR) is 126 cm³/mol. The Labute approximate surface area is 176 Å². The fourth-order valence-corrected chi connectivity index (χ4v) is 3.44. The van der Waals surface area contributed by atoms with Gasteiger partial charge in [-0.2, -0.15) is 0 Å². The second kappa shape index (κ2) is 8.71. The molecule has 0 bridgehead atoms. The standard InChI is InChI=1S/C24H22N4S/c1-17(18-7-3-2-4-8-18)26-24(29)28-22-13-14-23(25-16-22)27-21-12-11-19-9-5-6-10-20(19)15-21/h2-17H,1H3,(H,25,27)(H2,26,28,29)/t17-/m1/s1. The first-order valence-electron chi connectivity index (χ1n) is 9.52. The number of aromatic nitrogens is 1. The zero-order valence-electron chi connectivity index (χ0n) is 16.1. The van der Waals surface area contributed by atoms with Gasteiger partial charge >= 0.3 is 0 Å². The molecule has 3 aromatic carbocycles. The molecule has 144 valence electrons. The van der Waals surface area contributed by atoms with Gasteiger partial charge in [0.1, 0.15) is 5.82 Å². The van der Waals surface area contributed by atoms with Gasteiger partial charge in [-0.3, -0.25) is 0 Å². The Kier molecular flexibility index (Phi) is 5.68. The average Bonchev–Trinajstić information content (AvgIpc) is 2.75. The molecule has 1 atom stereocenters. The summed E-state index contributed by atoms with van der Waals surface area (Å²) >= 11 is 5.43. The lowest BCUT2D eigenvalue weighted by Gasteiger charge is -2.17. The van der Waals surface area contributed by atoms with E-state index < -0.39 is 0 Å². The highest BCUT2D eigenvalue weighted by molar-refractivity contribution is 7.80. The number of hydrogen-bond acceptors (Lipinski definition) is 3. The second-order valence-corrected chi connectivity index (χ2v) is 7.26. The fourth-order valence-electron chi connectivity index (χ4n) is 3.15. The summed E-state index contributed by atoms with van der Waals surface area (Å²) in [6.45, 7) is 2.08. The summed E-state index contributed by atoms with van der Waals surface area (Å²) in [4.78, 5) is 4.48. The number of nitrogens with one attached hydrogen (secondary N) is 3. The van der Waals surface area contributed by atoms with Crippen LogP contribution in [0.25, 0.3) is 10.8 Å². The molecule has 4 rings (SSSR count). The van der Waals surface area contributed by atoms with Crippen molar-refractivity contribution in [3.05, 3.63) is 96.7 Å². The number of anilines is 3. The van der Waals surface area contributed by atoms with Crippen molar-refractivity contribution in [2.45, 2.75) is 13.0 Å². The Morgan fingerprint density at radius 3 is 2.31 bits per heavy atom.